The maximum absolute atomic E-state index is 5.79. The summed E-state index contributed by atoms with van der Waals surface area (Å²) in [4.78, 5) is 0. The van der Waals surface area contributed by atoms with Crippen LogP contribution in [0.15, 0.2) is 23.2 Å². The molecule has 0 bridgehead atoms. The van der Waals surface area contributed by atoms with E-state index in [0.29, 0.717) is 0 Å². The molecule has 0 heterocycles. The molecule has 0 aromatic rings. The highest BCUT2D eigenvalue weighted by atomic mass is 31.1. The van der Waals surface area contributed by atoms with Gasteiger partial charge in [0.1, 0.15) is 0 Å². The van der Waals surface area contributed by atoms with Gasteiger partial charge in [0.05, 0.1) is 0 Å². The Morgan fingerprint density at radius 2 is 1.90 bits per heavy atom. The van der Waals surface area contributed by atoms with Gasteiger partial charge in [0.15, 0.2) is 0 Å². The predicted molar refractivity (Wildman–Crippen MR) is 48.4 cm³/mol. The molecule has 10 heavy (non-hydrogen) atoms. The van der Waals surface area contributed by atoms with Crippen LogP contribution < -0.4 is 5.73 Å². The Kier molecular flexibility index (Phi) is 2.50. The van der Waals surface area contributed by atoms with Crippen molar-refractivity contribution in [2.45, 2.75) is 12.8 Å². The van der Waals surface area contributed by atoms with Gasteiger partial charge in [-0.05, 0) is 31.5 Å². The van der Waals surface area contributed by atoms with Gasteiger partial charge in [0.2, 0.25) is 0 Å². The van der Waals surface area contributed by atoms with Crippen molar-refractivity contribution in [3.8, 4) is 0 Å². The van der Waals surface area contributed by atoms with Crippen LogP contribution in [-0.2, 0) is 0 Å². The lowest BCUT2D eigenvalue weighted by Gasteiger charge is -2.15. The average molecular weight is 155 g/mol. The van der Waals surface area contributed by atoms with E-state index >= 15 is 0 Å². The third kappa shape index (κ3) is 1.60. The Balaban J connectivity index is 2.74. The third-order valence-electron chi connectivity index (χ3n) is 1.65. The van der Waals surface area contributed by atoms with E-state index in [4.69, 9.17) is 5.73 Å². The number of allylic oxidation sites excluding steroid dienone is 3. The molecule has 1 aliphatic rings. The van der Waals surface area contributed by atoms with Crippen molar-refractivity contribution in [2.75, 3.05) is 13.3 Å². The number of hydrogen-bond donors (Lipinski definition) is 1. The minimum atomic E-state index is 0.00984. The van der Waals surface area contributed by atoms with Gasteiger partial charge in [0.25, 0.3) is 0 Å². The Bertz CT molecular complexity index is 180. The minimum absolute atomic E-state index is 0.00984. The van der Waals surface area contributed by atoms with Crippen molar-refractivity contribution < 1.29 is 0 Å². The first kappa shape index (κ1) is 7.81. The van der Waals surface area contributed by atoms with Crippen molar-refractivity contribution in [3.63, 3.8) is 0 Å². The fourth-order valence-electron chi connectivity index (χ4n) is 1.12. The van der Waals surface area contributed by atoms with Crippen LogP contribution in [-0.4, -0.2) is 13.3 Å². The molecule has 0 unspecified atom stereocenters. The summed E-state index contributed by atoms with van der Waals surface area (Å²) in [6, 6.07) is 0. The van der Waals surface area contributed by atoms with Crippen molar-refractivity contribution in [2.24, 2.45) is 5.73 Å². The summed E-state index contributed by atoms with van der Waals surface area (Å²) in [7, 11) is 0.00984. The molecule has 0 aromatic heterocycles. The first-order chi connectivity index (χ1) is 4.72. The number of nitrogens with two attached hydrogens (primary N) is 1. The highest BCUT2D eigenvalue weighted by Gasteiger charge is 2.07. The molecule has 56 valence electrons. The summed E-state index contributed by atoms with van der Waals surface area (Å²) < 4.78 is 0. The van der Waals surface area contributed by atoms with Crippen LogP contribution in [0.3, 0.4) is 0 Å². The molecule has 1 rings (SSSR count). The van der Waals surface area contributed by atoms with Gasteiger partial charge in [-0.15, -0.1) is 0 Å². The van der Waals surface area contributed by atoms with Gasteiger partial charge in [-0.3, -0.25) is 0 Å². The molecule has 0 aliphatic heterocycles. The smallest absolute Gasteiger partial charge is 0.0348 e. The van der Waals surface area contributed by atoms with Crippen LogP contribution in [0, 0.1) is 0 Å². The summed E-state index contributed by atoms with van der Waals surface area (Å²) in [5.41, 5.74) is 6.81. The highest BCUT2D eigenvalue weighted by molar-refractivity contribution is 7.60. The molecule has 0 aromatic carbocycles. The summed E-state index contributed by atoms with van der Waals surface area (Å²) in [6.07, 6.45) is 6.72. The fourth-order valence-corrected chi connectivity index (χ4v) is 2.22. The quantitative estimate of drug-likeness (QED) is 0.577. The second-order valence-corrected chi connectivity index (χ2v) is 4.99. The Morgan fingerprint density at radius 1 is 1.30 bits per heavy atom. The fraction of sp³-hybridized carbons (Fsp3) is 0.500. The first-order valence-electron chi connectivity index (χ1n) is 3.55. The summed E-state index contributed by atoms with van der Waals surface area (Å²) in [5, 5.41) is 1.39. The van der Waals surface area contributed by atoms with Crippen LogP contribution in [0.1, 0.15) is 12.8 Å². The lowest BCUT2D eigenvalue weighted by Crippen LogP contribution is -2.02. The van der Waals surface area contributed by atoms with Gasteiger partial charge < -0.3 is 5.73 Å². The second-order valence-electron chi connectivity index (χ2n) is 2.72. The topological polar surface area (TPSA) is 26.0 Å². The molecular weight excluding hydrogens is 141 g/mol. The van der Waals surface area contributed by atoms with E-state index in [-0.39, 0.29) is 7.92 Å². The van der Waals surface area contributed by atoms with Gasteiger partial charge in [-0.1, -0.05) is 20.1 Å². The van der Waals surface area contributed by atoms with Crippen molar-refractivity contribution in [3.05, 3.63) is 23.2 Å². The average Bonchev–Trinajstić information content (AvgIpc) is 1.88. The molecule has 0 saturated carbocycles. The number of rotatable bonds is 1. The van der Waals surface area contributed by atoms with Gasteiger partial charge in [-0.2, -0.15) is 0 Å². The Labute approximate surface area is 63.7 Å². The van der Waals surface area contributed by atoms with Crippen LogP contribution in [0.25, 0.3) is 0 Å². The van der Waals surface area contributed by atoms with Gasteiger partial charge >= 0.3 is 0 Å². The molecule has 2 heteroatoms. The van der Waals surface area contributed by atoms with Crippen molar-refractivity contribution >= 4 is 7.92 Å². The van der Waals surface area contributed by atoms with Crippen molar-refractivity contribution in [1.82, 2.24) is 0 Å². The predicted octanol–water partition coefficient (Wildman–Crippen LogP) is 2.25. The van der Waals surface area contributed by atoms with Gasteiger partial charge in [0, 0.05) is 5.70 Å². The van der Waals surface area contributed by atoms with Gasteiger partial charge in [-0.25, -0.2) is 0 Å². The lowest BCUT2D eigenvalue weighted by atomic mass is 10.1. The van der Waals surface area contributed by atoms with E-state index in [0.717, 1.165) is 12.1 Å². The van der Waals surface area contributed by atoms with Crippen LogP contribution in [0.4, 0.5) is 0 Å². The van der Waals surface area contributed by atoms with E-state index in [1.165, 1.54) is 11.7 Å². The molecule has 1 nitrogen and oxygen atoms in total. The Hall–Kier alpha value is -0.290. The Morgan fingerprint density at radius 3 is 2.30 bits per heavy atom. The van der Waals surface area contributed by atoms with Crippen molar-refractivity contribution in [1.29, 1.82) is 0 Å². The highest BCUT2D eigenvalue weighted by Crippen LogP contribution is 2.41. The molecule has 0 radical (unpaired) electrons. The van der Waals surface area contributed by atoms with Crippen LogP contribution in [0.2, 0.25) is 0 Å². The molecule has 1 aliphatic carbocycles. The molecular formula is C8H14NP. The van der Waals surface area contributed by atoms with Crippen LogP contribution >= 0.6 is 7.92 Å². The number of hydrogen-bond acceptors (Lipinski definition) is 1. The summed E-state index contributed by atoms with van der Waals surface area (Å²) in [5.74, 6) is 0. The van der Waals surface area contributed by atoms with E-state index in [2.05, 4.69) is 25.5 Å². The molecule has 0 amide bonds. The second kappa shape index (κ2) is 3.21. The SMILES string of the molecule is CP(C)C1=CCCC=C1N. The maximum atomic E-state index is 5.79. The largest absolute Gasteiger partial charge is 0.398 e. The normalized spacial score (nSPS) is 18.7. The maximum Gasteiger partial charge on any atom is 0.0348 e. The lowest BCUT2D eigenvalue weighted by molar-refractivity contribution is 1.00. The first-order valence-corrected chi connectivity index (χ1v) is 5.79. The minimum Gasteiger partial charge on any atom is -0.398 e. The molecule has 0 saturated heterocycles. The zero-order chi connectivity index (χ0) is 7.56. The standard InChI is InChI=1S/C8H14NP/c1-10(2)8-6-4-3-5-7(8)9/h5-6H,3-4,9H2,1-2H3. The monoisotopic (exact) mass is 155 g/mol. The third-order valence-corrected chi connectivity index (χ3v) is 3.05. The molecule has 0 fully saturated rings. The van der Waals surface area contributed by atoms with E-state index < -0.39 is 0 Å². The molecule has 0 spiro atoms. The molecule has 2 N–H and O–H groups in total. The molecule has 0 atom stereocenters. The van der Waals surface area contributed by atoms with E-state index in [1.54, 1.807) is 0 Å². The van der Waals surface area contributed by atoms with E-state index in [9.17, 15) is 0 Å². The zero-order valence-electron chi connectivity index (χ0n) is 6.59. The summed E-state index contributed by atoms with van der Waals surface area (Å²) >= 11 is 0. The zero-order valence-corrected chi connectivity index (χ0v) is 7.49. The summed E-state index contributed by atoms with van der Waals surface area (Å²) in [6.45, 7) is 4.49. The van der Waals surface area contributed by atoms with Crippen LogP contribution in [0.5, 0.6) is 0 Å². The van der Waals surface area contributed by atoms with E-state index in [1.807, 2.05) is 0 Å².